The number of ketones is 1. The van der Waals surface area contributed by atoms with Crippen LogP contribution < -0.4 is 5.32 Å². The molecule has 28 heavy (non-hydrogen) atoms. The average molecular weight is 390 g/mol. The molecule has 1 aliphatic heterocycles. The number of alkyl halides is 3. The van der Waals surface area contributed by atoms with Crippen molar-refractivity contribution in [2.45, 2.75) is 51.7 Å². The van der Waals surface area contributed by atoms with Crippen molar-refractivity contribution in [2.24, 2.45) is 5.92 Å². The first-order chi connectivity index (χ1) is 13.1. The number of fused-ring (bicyclic) bond motifs is 1. The quantitative estimate of drug-likeness (QED) is 0.808. The maximum atomic E-state index is 13.2. The Labute approximate surface area is 160 Å². The minimum Gasteiger partial charge on any atom is -0.328 e. The smallest absolute Gasteiger partial charge is 0.328 e. The van der Waals surface area contributed by atoms with Crippen LogP contribution in [0, 0.1) is 5.92 Å². The van der Waals surface area contributed by atoms with Gasteiger partial charge in [-0.3, -0.25) is 4.79 Å². The van der Waals surface area contributed by atoms with E-state index < -0.39 is 18.0 Å². The molecule has 0 radical (unpaired) electrons. The lowest BCUT2D eigenvalue weighted by atomic mass is 9.81. The molecule has 0 bridgehead atoms. The lowest BCUT2D eigenvalue weighted by Crippen LogP contribution is -2.33. The summed E-state index contributed by atoms with van der Waals surface area (Å²) in [5.74, 6) is -0.800. The topological polar surface area (TPSA) is 59.8 Å². The van der Waals surface area contributed by atoms with Gasteiger partial charge in [0.1, 0.15) is 6.04 Å². The highest BCUT2D eigenvalue weighted by molar-refractivity contribution is 5.99. The Morgan fingerprint density at radius 2 is 1.86 bits per heavy atom. The van der Waals surface area contributed by atoms with E-state index in [-0.39, 0.29) is 17.6 Å². The number of aromatic nitrogens is 3. The second-order valence-corrected chi connectivity index (χ2v) is 7.88. The van der Waals surface area contributed by atoms with Crippen LogP contribution in [0.2, 0.25) is 0 Å². The molecular formula is C20H21F3N4O. The number of allylic oxidation sites excluding steroid dienone is 2. The second kappa shape index (κ2) is 6.46. The molecule has 1 aromatic heterocycles. The Morgan fingerprint density at radius 1 is 1.18 bits per heavy atom. The molecule has 1 aliphatic carbocycles. The van der Waals surface area contributed by atoms with E-state index >= 15 is 0 Å². The predicted octanol–water partition coefficient (Wildman–Crippen LogP) is 4.69. The summed E-state index contributed by atoms with van der Waals surface area (Å²) in [5.41, 5.74) is 2.98. The molecule has 5 nitrogen and oxygen atoms in total. The zero-order valence-corrected chi connectivity index (χ0v) is 15.8. The van der Waals surface area contributed by atoms with Crippen molar-refractivity contribution >= 4 is 11.7 Å². The Bertz CT molecular complexity index is 957. The zero-order valence-electron chi connectivity index (χ0n) is 15.8. The summed E-state index contributed by atoms with van der Waals surface area (Å²) in [4.78, 5) is 16.5. The molecule has 2 aromatic rings. The Morgan fingerprint density at radius 3 is 2.46 bits per heavy atom. The average Bonchev–Trinajstić information content (AvgIpc) is 3.03. The van der Waals surface area contributed by atoms with Gasteiger partial charge in [0.05, 0.1) is 0 Å². The van der Waals surface area contributed by atoms with Gasteiger partial charge in [0.25, 0.3) is 5.82 Å². The van der Waals surface area contributed by atoms with Gasteiger partial charge in [-0.25, -0.2) is 4.68 Å². The fourth-order valence-corrected chi connectivity index (χ4v) is 3.90. The molecule has 4 rings (SSSR count). The highest BCUT2D eigenvalue weighted by Crippen LogP contribution is 2.42. The molecule has 0 amide bonds. The van der Waals surface area contributed by atoms with Crippen molar-refractivity contribution in [3.05, 3.63) is 52.5 Å². The summed E-state index contributed by atoms with van der Waals surface area (Å²) in [6, 6.07) is 6.90. The van der Waals surface area contributed by atoms with E-state index in [0.717, 1.165) is 11.1 Å². The highest BCUT2D eigenvalue weighted by atomic mass is 19.4. The normalized spacial score (nSPS) is 22.2. The summed E-state index contributed by atoms with van der Waals surface area (Å²) in [5, 5.41) is 6.64. The van der Waals surface area contributed by atoms with Gasteiger partial charge in [-0.2, -0.15) is 18.2 Å². The SMILES string of the molecule is CC(C)c1ccc([C@H]2C3=C(C[C@H](C)CC3=O)Nc3nc(C(F)(F)F)nn32)cc1. The molecule has 2 atom stereocenters. The van der Waals surface area contributed by atoms with Crippen LogP contribution in [0.15, 0.2) is 35.5 Å². The maximum absolute atomic E-state index is 13.2. The summed E-state index contributed by atoms with van der Waals surface area (Å²) in [6.45, 7) is 6.09. The van der Waals surface area contributed by atoms with Gasteiger partial charge in [-0.15, -0.1) is 5.10 Å². The fraction of sp³-hybridized carbons (Fsp3) is 0.450. The van der Waals surface area contributed by atoms with Gasteiger partial charge in [-0.05, 0) is 29.4 Å². The summed E-state index contributed by atoms with van der Waals surface area (Å²) >= 11 is 0. The van der Waals surface area contributed by atoms with Crippen molar-refractivity contribution < 1.29 is 18.0 Å². The summed E-state index contributed by atoms with van der Waals surface area (Å²) in [6.07, 6.45) is -3.69. The molecule has 8 heteroatoms. The first-order valence-electron chi connectivity index (χ1n) is 9.32. The van der Waals surface area contributed by atoms with Crippen molar-refractivity contribution in [3.8, 4) is 0 Å². The van der Waals surface area contributed by atoms with Crippen LogP contribution in [0.5, 0.6) is 0 Å². The Balaban J connectivity index is 1.87. The number of carbonyl (C=O) groups is 1. The number of halogens is 3. The first-order valence-corrected chi connectivity index (χ1v) is 9.32. The molecule has 148 valence electrons. The standard InChI is InChI=1S/C20H21F3N4O/c1-10(2)12-4-6-13(7-5-12)17-16-14(8-11(3)9-15(16)28)24-19-25-18(20(21,22)23)26-27(17)19/h4-7,10-11,17H,8-9H2,1-3H3,(H,24,25,26)/t11-,17-/m0/s1. The monoisotopic (exact) mass is 390 g/mol. The van der Waals surface area contributed by atoms with Gasteiger partial charge in [0.15, 0.2) is 5.78 Å². The van der Waals surface area contributed by atoms with Crippen LogP contribution in [0.4, 0.5) is 19.1 Å². The molecule has 2 aliphatic rings. The van der Waals surface area contributed by atoms with Gasteiger partial charge < -0.3 is 5.32 Å². The van der Waals surface area contributed by atoms with Crippen molar-refractivity contribution in [1.29, 1.82) is 0 Å². The van der Waals surface area contributed by atoms with Gasteiger partial charge in [0.2, 0.25) is 5.95 Å². The number of hydrogen-bond acceptors (Lipinski definition) is 4. The van der Waals surface area contributed by atoms with Gasteiger partial charge in [-0.1, -0.05) is 45.0 Å². The van der Waals surface area contributed by atoms with E-state index in [4.69, 9.17) is 0 Å². The fourth-order valence-electron chi connectivity index (χ4n) is 3.90. The van der Waals surface area contributed by atoms with Crippen LogP contribution in [0.25, 0.3) is 0 Å². The van der Waals surface area contributed by atoms with Gasteiger partial charge >= 0.3 is 6.18 Å². The van der Waals surface area contributed by atoms with E-state index in [1.807, 2.05) is 31.2 Å². The van der Waals surface area contributed by atoms with E-state index in [0.29, 0.717) is 30.0 Å². The van der Waals surface area contributed by atoms with Crippen molar-refractivity contribution in [2.75, 3.05) is 5.32 Å². The van der Waals surface area contributed by atoms with Crippen LogP contribution in [0.1, 0.15) is 62.5 Å². The molecule has 0 saturated heterocycles. The number of carbonyl (C=O) groups excluding carboxylic acids is 1. The summed E-state index contributed by atoms with van der Waals surface area (Å²) in [7, 11) is 0. The number of nitrogens with zero attached hydrogens (tertiary/aromatic N) is 3. The number of anilines is 1. The van der Waals surface area contributed by atoms with Gasteiger partial charge in [0, 0.05) is 17.7 Å². The van der Waals surface area contributed by atoms with Crippen LogP contribution >= 0.6 is 0 Å². The van der Waals surface area contributed by atoms with Crippen LogP contribution in [-0.2, 0) is 11.0 Å². The van der Waals surface area contributed by atoms with Crippen LogP contribution in [0.3, 0.4) is 0 Å². The second-order valence-electron chi connectivity index (χ2n) is 7.88. The number of benzene rings is 1. The predicted molar refractivity (Wildman–Crippen MR) is 97.7 cm³/mol. The minimum absolute atomic E-state index is 0.0194. The van der Waals surface area contributed by atoms with E-state index in [9.17, 15) is 18.0 Å². The van der Waals surface area contributed by atoms with Crippen molar-refractivity contribution in [1.82, 2.24) is 14.8 Å². The van der Waals surface area contributed by atoms with Crippen LogP contribution in [-0.4, -0.2) is 20.5 Å². The summed E-state index contributed by atoms with van der Waals surface area (Å²) < 4.78 is 40.8. The molecule has 2 heterocycles. The molecule has 0 saturated carbocycles. The number of hydrogen-bond donors (Lipinski definition) is 1. The number of Topliss-reactive ketones (excluding diaryl/α,β-unsaturated/α-hetero) is 1. The molecule has 0 fully saturated rings. The third kappa shape index (κ3) is 3.10. The third-order valence-electron chi connectivity index (χ3n) is 5.30. The molecule has 0 spiro atoms. The lowest BCUT2D eigenvalue weighted by molar-refractivity contribution is -0.145. The Kier molecular flexibility index (Phi) is 4.32. The largest absolute Gasteiger partial charge is 0.453 e. The van der Waals surface area contributed by atoms with E-state index in [1.165, 1.54) is 4.68 Å². The maximum Gasteiger partial charge on any atom is 0.453 e. The van der Waals surface area contributed by atoms with E-state index in [2.05, 4.69) is 29.2 Å². The lowest BCUT2D eigenvalue weighted by Gasteiger charge is -2.34. The molecule has 0 unspecified atom stereocenters. The third-order valence-corrected chi connectivity index (χ3v) is 5.30. The number of nitrogens with one attached hydrogen (secondary N) is 1. The van der Waals surface area contributed by atoms with Crippen molar-refractivity contribution in [3.63, 3.8) is 0 Å². The number of rotatable bonds is 2. The zero-order chi connectivity index (χ0) is 20.2. The first kappa shape index (κ1) is 18.7. The molecule has 1 aromatic carbocycles. The molecule has 1 N–H and O–H groups in total. The van der Waals surface area contributed by atoms with E-state index in [1.54, 1.807) is 0 Å². The Hall–Kier alpha value is -2.64. The molecular weight excluding hydrogens is 369 g/mol. The minimum atomic E-state index is -4.66. The highest BCUT2D eigenvalue weighted by Gasteiger charge is 2.42.